The molecule has 0 aliphatic heterocycles. The highest BCUT2D eigenvalue weighted by Gasteiger charge is 2.28. The first-order valence-electron chi connectivity index (χ1n) is 7.42. The largest absolute Gasteiger partial charge is 0.316 e. The molecule has 1 aliphatic carbocycles. The fraction of sp³-hybridized carbons (Fsp3) is 0.600. The van der Waals surface area contributed by atoms with E-state index >= 15 is 0 Å². The number of benzene rings is 1. The van der Waals surface area contributed by atoms with E-state index in [9.17, 15) is 12.8 Å². The van der Waals surface area contributed by atoms with Gasteiger partial charge in [0.1, 0.15) is 5.82 Å². The highest BCUT2D eigenvalue weighted by atomic mass is 32.2. The molecular weight excluding hydrogens is 291 g/mol. The molecule has 0 atom stereocenters. The van der Waals surface area contributed by atoms with Gasteiger partial charge in [-0.15, -0.1) is 0 Å². The van der Waals surface area contributed by atoms with E-state index in [-0.39, 0.29) is 10.7 Å². The fourth-order valence-corrected chi connectivity index (χ4v) is 4.12. The second kappa shape index (κ2) is 6.85. The van der Waals surface area contributed by atoms with Gasteiger partial charge in [0.05, 0.1) is 4.90 Å². The van der Waals surface area contributed by atoms with Crippen LogP contribution in [-0.4, -0.2) is 32.9 Å². The van der Waals surface area contributed by atoms with Crippen molar-refractivity contribution in [3.8, 4) is 0 Å². The fourth-order valence-electron chi connectivity index (χ4n) is 2.55. The van der Waals surface area contributed by atoms with Crippen molar-refractivity contribution in [3.63, 3.8) is 0 Å². The Balaban J connectivity index is 2.26. The molecule has 1 aliphatic rings. The maximum Gasteiger partial charge on any atom is 0.243 e. The molecule has 0 heterocycles. The summed E-state index contributed by atoms with van der Waals surface area (Å²) in [4.78, 5) is 0.176. The van der Waals surface area contributed by atoms with Gasteiger partial charge in [-0.05, 0) is 44.0 Å². The van der Waals surface area contributed by atoms with Crippen LogP contribution < -0.4 is 5.32 Å². The smallest absolute Gasteiger partial charge is 0.243 e. The van der Waals surface area contributed by atoms with Gasteiger partial charge in [-0.3, -0.25) is 0 Å². The standard InChI is InChI=1S/C15H23FN2O2S/c1-3-18(11-12-5-4-6-12)21(19,20)14-7-8-15(16)13(9-14)10-17-2/h7-9,12,17H,3-6,10-11H2,1-2H3. The summed E-state index contributed by atoms with van der Waals surface area (Å²) in [7, 11) is -1.84. The zero-order valence-corrected chi connectivity index (χ0v) is 13.4. The molecule has 1 N–H and O–H groups in total. The maximum absolute atomic E-state index is 13.7. The number of hydrogen-bond acceptors (Lipinski definition) is 3. The van der Waals surface area contributed by atoms with Crippen LogP contribution in [0.4, 0.5) is 4.39 Å². The average Bonchev–Trinajstić information content (AvgIpc) is 2.40. The van der Waals surface area contributed by atoms with Crippen molar-refractivity contribution in [1.29, 1.82) is 0 Å². The summed E-state index contributed by atoms with van der Waals surface area (Å²) in [6.45, 7) is 3.16. The molecule has 1 aromatic carbocycles. The van der Waals surface area contributed by atoms with Crippen molar-refractivity contribution in [2.75, 3.05) is 20.1 Å². The predicted octanol–water partition coefficient (Wildman–Crippen LogP) is 2.36. The molecule has 0 bridgehead atoms. The Morgan fingerprint density at radius 1 is 1.38 bits per heavy atom. The van der Waals surface area contributed by atoms with Crippen LogP contribution in [0.3, 0.4) is 0 Å². The molecule has 1 saturated carbocycles. The van der Waals surface area contributed by atoms with Gasteiger partial charge in [-0.1, -0.05) is 13.3 Å². The van der Waals surface area contributed by atoms with Crippen LogP contribution in [0.25, 0.3) is 0 Å². The van der Waals surface area contributed by atoms with Crippen molar-refractivity contribution in [2.45, 2.75) is 37.6 Å². The number of nitrogens with zero attached hydrogens (tertiary/aromatic N) is 1. The first kappa shape index (κ1) is 16.4. The number of nitrogens with one attached hydrogen (secondary N) is 1. The summed E-state index contributed by atoms with van der Waals surface area (Å²) >= 11 is 0. The molecule has 6 heteroatoms. The highest BCUT2D eigenvalue weighted by molar-refractivity contribution is 7.89. The molecule has 0 saturated heterocycles. The zero-order valence-electron chi connectivity index (χ0n) is 12.6. The summed E-state index contributed by atoms with van der Waals surface area (Å²) in [6.07, 6.45) is 3.38. The minimum atomic E-state index is -3.54. The molecule has 1 aromatic rings. The van der Waals surface area contributed by atoms with Crippen molar-refractivity contribution in [1.82, 2.24) is 9.62 Å². The van der Waals surface area contributed by atoms with E-state index in [1.165, 1.54) is 28.9 Å². The number of hydrogen-bond donors (Lipinski definition) is 1. The topological polar surface area (TPSA) is 49.4 Å². The van der Waals surface area contributed by atoms with Crippen molar-refractivity contribution in [3.05, 3.63) is 29.6 Å². The lowest BCUT2D eigenvalue weighted by Crippen LogP contribution is -2.37. The van der Waals surface area contributed by atoms with Gasteiger partial charge in [-0.25, -0.2) is 12.8 Å². The minimum Gasteiger partial charge on any atom is -0.316 e. The minimum absolute atomic E-state index is 0.176. The molecule has 118 valence electrons. The Morgan fingerprint density at radius 3 is 2.62 bits per heavy atom. The van der Waals surface area contributed by atoms with E-state index in [2.05, 4.69) is 5.32 Å². The molecule has 0 amide bonds. The van der Waals surface area contributed by atoms with Crippen molar-refractivity contribution < 1.29 is 12.8 Å². The van der Waals surface area contributed by atoms with Gasteiger partial charge in [-0.2, -0.15) is 4.31 Å². The molecule has 2 rings (SSSR count). The second-order valence-corrected chi connectivity index (χ2v) is 7.47. The third kappa shape index (κ3) is 3.62. The van der Waals surface area contributed by atoms with Gasteiger partial charge in [0.2, 0.25) is 10.0 Å². The van der Waals surface area contributed by atoms with Crippen LogP contribution >= 0.6 is 0 Å². The van der Waals surface area contributed by atoms with Crippen LogP contribution in [-0.2, 0) is 16.6 Å². The van der Waals surface area contributed by atoms with E-state index in [0.29, 0.717) is 31.1 Å². The SMILES string of the molecule is CCN(CC1CCC1)S(=O)(=O)c1ccc(F)c(CNC)c1. The molecule has 21 heavy (non-hydrogen) atoms. The Hall–Kier alpha value is -0.980. The van der Waals surface area contributed by atoms with E-state index in [1.807, 2.05) is 6.92 Å². The first-order chi connectivity index (χ1) is 9.98. The monoisotopic (exact) mass is 314 g/mol. The van der Waals surface area contributed by atoms with Gasteiger partial charge < -0.3 is 5.32 Å². The lowest BCUT2D eigenvalue weighted by Gasteiger charge is -2.31. The van der Waals surface area contributed by atoms with E-state index in [4.69, 9.17) is 0 Å². The summed E-state index contributed by atoms with van der Waals surface area (Å²) in [5.41, 5.74) is 0.373. The highest BCUT2D eigenvalue weighted by Crippen LogP contribution is 2.29. The molecule has 1 fully saturated rings. The lowest BCUT2D eigenvalue weighted by atomic mass is 9.85. The summed E-state index contributed by atoms with van der Waals surface area (Å²) < 4.78 is 40.5. The van der Waals surface area contributed by atoms with Crippen LogP contribution in [0.15, 0.2) is 23.1 Å². The Morgan fingerprint density at radius 2 is 2.10 bits per heavy atom. The summed E-state index contributed by atoms with van der Waals surface area (Å²) in [6, 6.07) is 4.02. The van der Waals surface area contributed by atoms with Crippen LogP contribution in [0, 0.1) is 11.7 Å². The summed E-state index contributed by atoms with van der Waals surface area (Å²) in [5.74, 6) is 0.0855. The Bertz CT molecular complexity index is 585. The van der Waals surface area contributed by atoms with Crippen LogP contribution in [0.2, 0.25) is 0 Å². The molecule has 0 aromatic heterocycles. The summed E-state index contributed by atoms with van der Waals surface area (Å²) in [5, 5.41) is 2.85. The Kier molecular flexibility index (Phi) is 5.35. The maximum atomic E-state index is 13.7. The van der Waals surface area contributed by atoms with Gasteiger partial charge in [0.25, 0.3) is 0 Å². The second-order valence-electron chi connectivity index (χ2n) is 5.54. The Labute approximate surface area is 126 Å². The van der Waals surface area contributed by atoms with E-state index in [0.717, 1.165) is 12.8 Å². The third-order valence-electron chi connectivity index (χ3n) is 4.06. The quantitative estimate of drug-likeness (QED) is 0.840. The zero-order chi connectivity index (χ0) is 15.5. The number of rotatable bonds is 7. The van der Waals surface area contributed by atoms with Crippen LogP contribution in [0.5, 0.6) is 0 Å². The first-order valence-corrected chi connectivity index (χ1v) is 8.86. The van der Waals surface area contributed by atoms with E-state index < -0.39 is 10.0 Å². The van der Waals surface area contributed by atoms with Crippen molar-refractivity contribution >= 4 is 10.0 Å². The lowest BCUT2D eigenvalue weighted by molar-refractivity contribution is 0.250. The van der Waals surface area contributed by atoms with Crippen molar-refractivity contribution in [2.24, 2.45) is 5.92 Å². The van der Waals surface area contributed by atoms with Gasteiger partial charge in [0.15, 0.2) is 0 Å². The molecule has 4 nitrogen and oxygen atoms in total. The number of halogens is 1. The van der Waals surface area contributed by atoms with E-state index in [1.54, 1.807) is 7.05 Å². The molecule has 0 unspecified atom stereocenters. The molecule has 0 spiro atoms. The average molecular weight is 314 g/mol. The van der Waals surface area contributed by atoms with Crippen LogP contribution in [0.1, 0.15) is 31.7 Å². The third-order valence-corrected chi connectivity index (χ3v) is 6.00. The normalized spacial score (nSPS) is 16.2. The molecular formula is C15H23FN2O2S. The number of sulfonamides is 1. The molecule has 0 radical (unpaired) electrons. The van der Waals surface area contributed by atoms with Gasteiger partial charge in [0, 0.05) is 25.2 Å². The van der Waals surface area contributed by atoms with Gasteiger partial charge >= 0.3 is 0 Å². The predicted molar refractivity (Wildman–Crippen MR) is 80.9 cm³/mol.